The van der Waals surface area contributed by atoms with E-state index in [1.54, 1.807) is 24.3 Å². The third-order valence-corrected chi connectivity index (χ3v) is 3.19. The molecule has 112 valence electrons. The van der Waals surface area contributed by atoms with Gasteiger partial charge in [0.15, 0.2) is 0 Å². The van der Waals surface area contributed by atoms with E-state index in [1.165, 1.54) is 0 Å². The van der Waals surface area contributed by atoms with Crippen LogP contribution in [0.15, 0.2) is 24.3 Å². The number of sulfonamides is 1. The molecule has 0 bridgehead atoms. The quantitative estimate of drug-likeness (QED) is 0.710. The van der Waals surface area contributed by atoms with Gasteiger partial charge in [0.25, 0.3) is 0 Å². The van der Waals surface area contributed by atoms with Crippen LogP contribution >= 0.6 is 0 Å². The molecule has 1 aromatic rings. The van der Waals surface area contributed by atoms with E-state index < -0.39 is 10.0 Å². The van der Waals surface area contributed by atoms with E-state index in [0.717, 1.165) is 19.1 Å². The van der Waals surface area contributed by atoms with Crippen LogP contribution in [0.2, 0.25) is 0 Å². The lowest BCUT2D eigenvalue weighted by atomic mass is 10.1. The van der Waals surface area contributed by atoms with E-state index in [1.807, 2.05) is 6.92 Å². The molecule has 6 nitrogen and oxygen atoms in total. The number of amides is 1. The van der Waals surface area contributed by atoms with Crippen molar-refractivity contribution in [3.05, 3.63) is 24.3 Å². The van der Waals surface area contributed by atoms with Gasteiger partial charge in [0.2, 0.25) is 15.9 Å². The van der Waals surface area contributed by atoms with E-state index >= 15 is 0 Å². The van der Waals surface area contributed by atoms with Crippen LogP contribution in [-0.2, 0) is 14.8 Å². The van der Waals surface area contributed by atoms with Crippen LogP contribution in [-0.4, -0.2) is 26.6 Å². The smallest absolute Gasteiger partial charge is 0.229 e. The molecule has 1 aromatic carbocycles. The van der Waals surface area contributed by atoms with Crippen molar-refractivity contribution in [2.24, 2.45) is 5.73 Å². The summed E-state index contributed by atoms with van der Waals surface area (Å²) >= 11 is 0. The molecular formula is C13H21N3O3S. The Morgan fingerprint density at radius 3 is 2.45 bits per heavy atom. The fraction of sp³-hybridized carbons (Fsp3) is 0.462. The Hall–Kier alpha value is -1.60. The van der Waals surface area contributed by atoms with Gasteiger partial charge >= 0.3 is 0 Å². The van der Waals surface area contributed by atoms with Crippen LogP contribution < -0.4 is 15.8 Å². The first-order chi connectivity index (χ1) is 9.31. The topological polar surface area (TPSA) is 101 Å². The van der Waals surface area contributed by atoms with Gasteiger partial charge < -0.3 is 11.1 Å². The third-order valence-electron chi connectivity index (χ3n) is 2.60. The first kappa shape index (κ1) is 16.5. The molecule has 0 fully saturated rings. The first-order valence-electron chi connectivity index (χ1n) is 6.44. The van der Waals surface area contributed by atoms with Gasteiger partial charge in [-0.25, -0.2) is 8.42 Å². The number of rotatable bonds is 7. The maximum Gasteiger partial charge on any atom is 0.229 e. The predicted molar refractivity (Wildman–Crippen MR) is 81.0 cm³/mol. The zero-order valence-electron chi connectivity index (χ0n) is 11.7. The summed E-state index contributed by atoms with van der Waals surface area (Å²) < 4.78 is 24.9. The van der Waals surface area contributed by atoms with Crippen molar-refractivity contribution in [3.8, 4) is 0 Å². The Bertz CT molecular complexity index is 558. The lowest BCUT2D eigenvalue weighted by molar-refractivity contribution is -0.116. The summed E-state index contributed by atoms with van der Waals surface area (Å²) in [4.78, 5) is 11.8. The number of nitrogens with two attached hydrogens (primary N) is 1. The zero-order chi connectivity index (χ0) is 15.2. The number of nitrogens with one attached hydrogen (secondary N) is 2. The van der Waals surface area contributed by atoms with E-state index in [9.17, 15) is 13.2 Å². The Kier molecular flexibility index (Phi) is 5.97. The average Bonchev–Trinajstić information content (AvgIpc) is 2.30. The van der Waals surface area contributed by atoms with E-state index in [0.29, 0.717) is 11.4 Å². The second-order valence-electron chi connectivity index (χ2n) is 4.72. The summed E-state index contributed by atoms with van der Waals surface area (Å²) in [5, 5.41) is 2.68. The summed E-state index contributed by atoms with van der Waals surface area (Å²) in [5.74, 6) is -0.228. The highest BCUT2D eigenvalue weighted by molar-refractivity contribution is 7.92. The van der Waals surface area contributed by atoms with Gasteiger partial charge in [-0.05, 0) is 18.6 Å². The summed E-state index contributed by atoms with van der Waals surface area (Å²) in [7, 11) is -3.39. The molecule has 0 aliphatic carbocycles. The van der Waals surface area contributed by atoms with Gasteiger partial charge in [-0.3, -0.25) is 9.52 Å². The van der Waals surface area contributed by atoms with Crippen LogP contribution in [0.5, 0.6) is 0 Å². The summed E-state index contributed by atoms with van der Waals surface area (Å²) in [6.07, 6.45) is 2.96. The molecule has 0 saturated heterocycles. The average molecular weight is 299 g/mol. The monoisotopic (exact) mass is 299 g/mol. The number of hydrogen-bond donors (Lipinski definition) is 3. The number of hydrogen-bond acceptors (Lipinski definition) is 4. The molecule has 1 rings (SSSR count). The van der Waals surface area contributed by atoms with Crippen LogP contribution in [0.4, 0.5) is 11.4 Å². The molecule has 0 heterocycles. The predicted octanol–water partition coefficient (Wildman–Crippen LogP) is 1.51. The van der Waals surface area contributed by atoms with E-state index in [2.05, 4.69) is 10.0 Å². The number of para-hydroxylation sites is 2. The first-order valence-corrected chi connectivity index (χ1v) is 8.33. The highest BCUT2D eigenvalue weighted by atomic mass is 32.2. The molecule has 1 unspecified atom stereocenters. The molecule has 0 radical (unpaired) electrons. The minimum Gasteiger partial charge on any atom is -0.327 e. The van der Waals surface area contributed by atoms with Gasteiger partial charge in [0, 0.05) is 12.5 Å². The van der Waals surface area contributed by atoms with Gasteiger partial charge in [-0.15, -0.1) is 0 Å². The number of anilines is 2. The molecule has 0 aromatic heterocycles. The van der Waals surface area contributed by atoms with Gasteiger partial charge in [-0.2, -0.15) is 0 Å². The van der Waals surface area contributed by atoms with Crippen molar-refractivity contribution in [1.82, 2.24) is 0 Å². The van der Waals surface area contributed by atoms with Crippen molar-refractivity contribution in [3.63, 3.8) is 0 Å². The molecule has 0 aliphatic rings. The largest absolute Gasteiger partial charge is 0.327 e. The van der Waals surface area contributed by atoms with Crippen LogP contribution in [0, 0.1) is 0 Å². The second-order valence-corrected chi connectivity index (χ2v) is 6.47. The van der Waals surface area contributed by atoms with Crippen LogP contribution in [0.3, 0.4) is 0 Å². The van der Waals surface area contributed by atoms with Gasteiger partial charge in [-0.1, -0.05) is 25.5 Å². The Labute approximate surface area is 119 Å². The standard InChI is InChI=1S/C13H21N3O3S/c1-3-6-10(14)9-13(17)15-11-7-4-5-8-12(11)16-20(2,18)19/h4-5,7-8,10,16H,3,6,9,14H2,1-2H3,(H,15,17). The maximum atomic E-state index is 11.8. The maximum absolute atomic E-state index is 11.8. The highest BCUT2D eigenvalue weighted by Gasteiger charge is 2.12. The minimum atomic E-state index is -3.39. The number of carbonyl (C=O) groups excluding carboxylic acids is 1. The molecule has 0 spiro atoms. The van der Waals surface area contributed by atoms with E-state index in [-0.39, 0.29) is 18.4 Å². The lowest BCUT2D eigenvalue weighted by Gasteiger charge is -2.14. The van der Waals surface area contributed by atoms with E-state index in [4.69, 9.17) is 5.73 Å². The molecule has 20 heavy (non-hydrogen) atoms. The molecule has 1 amide bonds. The molecular weight excluding hydrogens is 278 g/mol. The minimum absolute atomic E-state index is 0.185. The summed E-state index contributed by atoms with van der Waals surface area (Å²) in [6, 6.07) is 6.44. The highest BCUT2D eigenvalue weighted by Crippen LogP contribution is 2.22. The normalized spacial score (nSPS) is 12.8. The van der Waals surface area contributed by atoms with Crippen LogP contribution in [0.25, 0.3) is 0 Å². The van der Waals surface area contributed by atoms with Gasteiger partial charge in [0.05, 0.1) is 17.6 Å². The van der Waals surface area contributed by atoms with Crippen molar-refractivity contribution >= 4 is 27.3 Å². The second kappa shape index (κ2) is 7.25. The Morgan fingerprint density at radius 2 is 1.90 bits per heavy atom. The molecule has 0 aliphatic heterocycles. The Balaban J connectivity index is 2.75. The van der Waals surface area contributed by atoms with Crippen molar-refractivity contribution < 1.29 is 13.2 Å². The van der Waals surface area contributed by atoms with Crippen molar-refractivity contribution in [2.45, 2.75) is 32.2 Å². The number of carbonyl (C=O) groups is 1. The zero-order valence-corrected chi connectivity index (χ0v) is 12.5. The summed E-state index contributed by atoms with van der Waals surface area (Å²) in [5.41, 5.74) is 6.57. The number of benzene rings is 1. The fourth-order valence-corrected chi connectivity index (χ4v) is 2.37. The molecule has 7 heteroatoms. The van der Waals surface area contributed by atoms with Crippen LogP contribution in [0.1, 0.15) is 26.2 Å². The van der Waals surface area contributed by atoms with Crippen molar-refractivity contribution in [1.29, 1.82) is 0 Å². The lowest BCUT2D eigenvalue weighted by Crippen LogP contribution is -2.27. The SMILES string of the molecule is CCCC(N)CC(=O)Nc1ccccc1NS(C)(=O)=O. The third kappa shape index (κ3) is 6.03. The Morgan fingerprint density at radius 1 is 1.30 bits per heavy atom. The molecule has 1 atom stereocenters. The summed E-state index contributed by atoms with van der Waals surface area (Å²) in [6.45, 7) is 2.00. The molecule has 0 saturated carbocycles. The molecule has 4 N–H and O–H groups in total. The fourth-order valence-electron chi connectivity index (χ4n) is 1.79. The van der Waals surface area contributed by atoms with Gasteiger partial charge in [0.1, 0.15) is 0 Å². The van der Waals surface area contributed by atoms with Crippen molar-refractivity contribution in [2.75, 3.05) is 16.3 Å².